The first-order chi connectivity index (χ1) is 9.13. The van der Waals surface area contributed by atoms with Crippen LogP contribution in [0.2, 0.25) is 0 Å². The molecule has 19 heavy (non-hydrogen) atoms. The van der Waals surface area contributed by atoms with E-state index in [9.17, 15) is 4.79 Å². The average Bonchev–Trinajstić information content (AvgIpc) is 2.44. The molecule has 1 aromatic carbocycles. The first kappa shape index (κ1) is 13.7. The fraction of sp³-hybridized carbons (Fsp3) is 0.500. The molecule has 1 unspecified atom stereocenters. The van der Waals surface area contributed by atoms with E-state index in [0.717, 1.165) is 23.4 Å². The molecule has 5 nitrogen and oxygen atoms in total. The molecular weight excluding hydrogens is 244 g/mol. The first-order valence-corrected chi connectivity index (χ1v) is 6.37. The zero-order valence-corrected chi connectivity index (χ0v) is 11.6. The molecule has 1 aliphatic heterocycles. The number of benzene rings is 1. The molecular formula is C14H20N2O3. The van der Waals surface area contributed by atoms with E-state index in [1.54, 1.807) is 26.0 Å². The van der Waals surface area contributed by atoms with Gasteiger partial charge in [0.2, 0.25) is 5.91 Å². The molecule has 2 rings (SSSR count). The van der Waals surface area contributed by atoms with Crippen molar-refractivity contribution in [2.24, 2.45) is 5.73 Å². The average molecular weight is 264 g/mol. The predicted octanol–water partition coefficient (Wildman–Crippen LogP) is 1.50. The number of ether oxygens (including phenoxy) is 2. The van der Waals surface area contributed by atoms with Crippen molar-refractivity contribution in [2.75, 3.05) is 32.2 Å². The molecule has 0 saturated carbocycles. The lowest BCUT2D eigenvalue weighted by molar-refractivity contribution is -0.116. The summed E-state index contributed by atoms with van der Waals surface area (Å²) in [5.74, 6) is 1.64. The van der Waals surface area contributed by atoms with Crippen molar-refractivity contribution in [3.63, 3.8) is 0 Å². The number of hydrogen-bond donors (Lipinski definition) is 1. The smallest absolute Gasteiger partial charge is 0.223 e. The van der Waals surface area contributed by atoms with Crippen molar-refractivity contribution in [3.8, 4) is 11.5 Å². The Hall–Kier alpha value is -1.75. The van der Waals surface area contributed by atoms with Crippen LogP contribution in [0.1, 0.15) is 24.8 Å². The van der Waals surface area contributed by atoms with Gasteiger partial charge in [-0.15, -0.1) is 0 Å². The maximum absolute atomic E-state index is 11.8. The van der Waals surface area contributed by atoms with Gasteiger partial charge in [-0.05, 0) is 25.1 Å². The monoisotopic (exact) mass is 264 g/mol. The summed E-state index contributed by atoms with van der Waals surface area (Å²) in [6, 6.07) is 3.69. The summed E-state index contributed by atoms with van der Waals surface area (Å²) in [5, 5.41) is 0. The summed E-state index contributed by atoms with van der Waals surface area (Å²) in [6.45, 7) is 2.75. The molecule has 0 saturated heterocycles. The van der Waals surface area contributed by atoms with Crippen LogP contribution in [0.5, 0.6) is 11.5 Å². The van der Waals surface area contributed by atoms with E-state index in [2.05, 4.69) is 0 Å². The molecule has 5 heteroatoms. The van der Waals surface area contributed by atoms with Crippen molar-refractivity contribution >= 4 is 11.6 Å². The number of methoxy groups -OCH3 is 2. The number of nitrogens with two attached hydrogens (primary N) is 1. The van der Waals surface area contributed by atoms with Crippen LogP contribution in [-0.2, 0) is 4.79 Å². The van der Waals surface area contributed by atoms with Crippen LogP contribution in [-0.4, -0.2) is 33.2 Å². The Balaban J connectivity index is 2.66. The Morgan fingerprint density at radius 2 is 2.00 bits per heavy atom. The second-order valence-corrected chi connectivity index (χ2v) is 4.62. The van der Waals surface area contributed by atoms with Gasteiger partial charge in [0.15, 0.2) is 0 Å². The van der Waals surface area contributed by atoms with Crippen LogP contribution in [0.15, 0.2) is 12.1 Å². The van der Waals surface area contributed by atoms with E-state index >= 15 is 0 Å². The maximum Gasteiger partial charge on any atom is 0.223 e. The molecule has 1 heterocycles. The van der Waals surface area contributed by atoms with Gasteiger partial charge in [0.05, 0.1) is 19.9 Å². The summed E-state index contributed by atoms with van der Waals surface area (Å²) in [4.78, 5) is 13.6. The summed E-state index contributed by atoms with van der Waals surface area (Å²) in [6.07, 6.45) is 0.840. The fourth-order valence-electron chi connectivity index (χ4n) is 2.68. The lowest BCUT2D eigenvalue weighted by Crippen LogP contribution is -2.37. The molecule has 0 bridgehead atoms. The molecule has 0 fully saturated rings. The highest BCUT2D eigenvalue weighted by Crippen LogP contribution is 2.46. The van der Waals surface area contributed by atoms with Gasteiger partial charge < -0.3 is 20.1 Å². The minimum Gasteiger partial charge on any atom is -0.496 e. The van der Waals surface area contributed by atoms with Crippen molar-refractivity contribution in [2.45, 2.75) is 19.3 Å². The van der Waals surface area contributed by atoms with Gasteiger partial charge in [0.1, 0.15) is 11.5 Å². The van der Waals surface area contributed by atoms with Gasteiger partial charge >= 0.3 is 0 Å². The molecule has 0 spiro atoms. The maximum atomic E-state index is 11.8. The number of amides is 1. The molecule has 1 aliphatic rings. The molecule has 1 atom stereocenters. The van der Waals surface area contributed by atoms with E-state index in [1.807, 2.05) is 12.1 Å². The quantitative estimate of drug-likeness (QED) is 0.898. The summed E-state index contributed by atoms with van der Waals surface area (Å²) in [5.41, 5.74) is 7.63. The molecule has 0 aliphatic carbocycles. The van der Waals surface area contributed by atoms with Crippen LogP contribution < -0.4 is 20.1 Å². The number of anilines is 1. The Labute approximate surface area is 113 Å². The minimum absolute atomic E-state index is 0.00303. The normalized spacial score (nSPS) is 17.9. The van der Waals surface area contributed by atoms with Gasteiger partial charge in [-0.2, -0.15) is 0 Å². The van der Waals surface area contributed by atoms with Gasteiger partial charge in [-0.1, -0.05) is 0 Å². The molecule has 2 N–H and O–H groups in total. The second kappa shape index (κ2) is 5.48. The van der Waals surface area contributed by atoms with Crippen LogP contribution in [0.25, 0.3) is 0 Å². The fourth-order valence-corrected chi connectivity index (χ4v) is 2.68. The van der Waals surface area contributed by atoms with Crippen LogP contribution >= 0.6 is 0 Å². The lowest BCUT2D eigenvalue weighted by atomic mass is 9.88. The van der Waals surface area contributed by atoms with E-state index in [0.29, 0.717) is 18.8 Å². The minimum atomic E-state index is 0.00303. The lowest BCUT2D eigenvalue weighted by Gasteiger charge is -2.35. The standard InChI is InChI=1S/C14H20N2O3/c1-9(17)16-7-6-10(8-15)13-11(18-2)4-5-12(19-3)14(13)16/h4-5,10H,6-8,15H2,1-3H3. The van der Waals surface area contributed by atoms with Gasteiger partial charge in [0.25, 0.3) is 0 Å². The SMILES string of the molecule is COc1ccc(OC)c2c1C(CN)CCN2C(C)=O. The third kappa shape index (κ3) is 2.26. The zero-order valence-electron chi connectivity index (χ0n) is 11.6. The topological polar surface area (TPSA) is 64.8 Å². The third-order valence-electron chi connectivity index (χ3n) is 3.62. The van der Waals surface area contributed by atoms with Crippen molar-refractivity contribution in [3.05, 3.63) is 17.7 Å². The van der Waals surface area contributed by atoms with Crippen molar-refractivity contribution in [1.29, 1.82) is 0 Å². The predicted molar refractivity (Wildman–Crippen MR) is 74.0 cm³/mol. The first-order valence-electron chi connectivity index (χ1n) is 6.37. The summed E-state index contributed by atoms with van der Waals surface area (Å²) < 4.78 is 10.8. The largest absolute Gasteiger partial charge is 0.496 e. The number of hydrogen-bond acceptors (Lipinski definition) is 4. The Kier molecular flexibility index (Phi) is 3.95. The summed E-state index contributed by atoms with van der Waals surface area (Å²) in [7, 11) is 3.23. The molecule has 0 aromatic heterocycles. The van der Waals surface area contributed by atoms with E-state index in [1.165, 1.54) is 0 Å². The highest BCUT2D eigenvalue weighted by Gasteiger charge is 2.32. The Bertz CT molecular complexity index is 488. The van der Waals surface area contributed by atoms with Crippen molar-refractivity contribution in [1.82, 2.24) is 0 Å². The van der Waals surface area contributed by atoms with Gasteiger partial charge in [0, 0.05) is 24.9 Å². The third-order valence-corrected chi connectivity index (χ3v) is 3.62. The van der Waals surface area contributed by atoms with E-state index in [4.69, 9.17) is 15.2 Å². The highest BCUT2D eigenvalue weighted by atomic mass is 16.5. The zero-order chi connectivity index (χ0) is 14.0. The van der Waals surface area contributed by atoms with Gasteiger partial charge in [-0.3, -0.25) is 4.79 Å². The Morgan fingerprint density at radius 1 is 1.37 bits per heavy atom. The number of nitrogens with zero attached hydrogens (tertiary/aromatic N) is 1. The number of rotatable bonds is 3. The number of fused-ring (bicyclic) bond motifs is 1. The van der Waals surface area contributed by atoms with Crippen LogP contribution in [0.4, 0.5) is 5.69 Å². The van der Waals surface area contributed by atoms with E-state index in [-0.39, 0.29) is 11.8 Å². The second-order valence-electron chi connectivity index (χ2n) is 4.62. The molecule has 1 amide bonds. The molecule has 104 valence electrons. The molecule has 0 radical (unpaired) electrons. The number of carbonyl (C=O) groups is 1. The van der Waals surface area contributed by atoms with Crippen LogP contribution in [0, 0.1) is 0 Å². The van der Waals surface area contributed by atoms with E-state index < -0.39 is 0 Å². The van der Waals surface area contributed by atoms with Crippen LogP contribution in [0.3, 0.4) is 0 Å². The molecule has 1 aromatic rings. The highest BCUT2D eigenvalue weighted by molar-refractivity contribution is 5.95. The number of carbonyl (C=O) groups excluding carboxylic acids is 1. The summed E-state index contributed by atoms with van der Waals surface area (Å²) >= 11 is 0. The van der Waals surface area contributed by atoms with Gasteiger partial charge in [-0.25, -0.2) is 0 Å². The Morgan fingerprint density at radius 3 is 2.53 bits per heavy atom. The van der Waals surface area contributed by atoms with Crippen molar-refractivity contribution < 1.29 is 14.3 Å².